The van der Waals surface area contributed by atoms with Gasteiger partial charge in [-0.15, -0.1) is 0 Å². The minimum absolute atomic E-state index is 0.201. The summed E-state index contributed by atoms with van der Waals surface area (Å²) < 4.78 is 13.9. The molecule has 6 heteroatoms. The second-order valence-electron chi connectivity index (χ2n) is 7.21. The van der Waals surface area contributed by atoms with E-state index < -0.39 is 0 Å². The van der Waals surface area contributed by atoms with Gasteiger partial charge in [0, 0.05) is 48.3 Å². The van der Waals surface area contributed by atoms with Crippen molar-refractivity contribution in [2.45, 2.75) is 32.7 Å². The first-order chi connectivity index (χ1) is 13.6. The summed E-state index contributed by atoms with van der Waals surface area (Å²) in [6.07, 6.45) is 5.40. The summed E-state index contributed by atoms with van der Waals surface area (Å²) in [5.74, 6) is 1.49. The van der Waals surface area contributed by atoms with Gasteiger partial charge in [0.2, 0.25) is 0 Å². The number of benzene rings is 1. The van der Waals surface area contributed by atoms with Crippen LogP contribution in [0.3, 0.4) is 0 Å². The standard InChI is InChI=1S/C22H24FN5/c1-15-16(2)25-21(17-6-5-11-24-14-17)27-22(15)28-12-9-18(10-13-28)26-20-8-4-3-7-19(20)23/h3-8,11,14,18,26H,9-10,12-13H2,1-2H3. The summed E-state index contributed by atoms with van der Waals surface area (Å²) in [4.78, 5) is 16.0. The van der Waals surface area contributed by atoms with Crippen LogP contribution in [0.15, 0.2) is 48.8 Å². The van der Waals surface area contributed by atoms with Crippen molar-refractivity contribution in [3.05, 3.63) is 65.9 Å². The van der Waals surface area contributed by atoms with Gasteiger partial charge in [-0.25, -0.2) is 14.4 Å². The first-order valence-corrected chi connectivity index (χ1v) is 9.63. The van der Waals surface area contributed by atoms with E-state index in [1.165, 1.54) is 6.07 Å². The maximum absolute atomic E-state index is 13.9. The Balaban J connectivity index is 1.50. The van der Waals surface area contributed by atoms with Crippen molar-refractivity contribution >= 4 is 11.5 Å². The van der Waals surface area contributed by atoms with Gasteiger partial charge in [0.1, 0.15) is 11.6 Å². The third kappa shape index (κ3) is 3.81. The maximum Gasteiger partial charge on any atom is 0.163 e. The lowest BCUT2D eigenvalue weighted by atomic mass is 10.0. The third-order valence-corrected chi connectivity index (χ3v) is 5.31. The summed E-state index contributed by atoms with van der Waals surface area (Å²) in [7, 11) is 0. The number of nitrogens with one attached hydrogen (secondary N) is 1. The Kier molecular flexibility index (Phi) is 5.19. The van der Waals surface area contributed by atoms with Crippen LogP contribution < -0.4 is 10.2 Å². The third-order valence-electron chi connectivity index (χ3n) is 5.31. The normalized spacial score (nSPS) is 14.9. The number of anilines is 2. The Morgan fingerprint density at radius 3 is 2.54 bits per heavy atom. The Morgan fingerprint density at radius 1 is 1.04 bits per heavy atom. The number of para-hydroxylation sites is 1. The molecule has 1 aromatic carbocycles. The van der Waals surface area contributed by atoms with Gasteiger partial charge in [-0.2, -0.15) is 0 Å². The van der Waals surface area contributed by atoms with Crippen LogP contribution in [0, 0.1) is 19.7 Å². The largest absolute Gasteiger partial charge is 0.380 e. The van der Waals surface area contributed by atoms with Gasteiger partial charge in [-0.3, -0.25) is 4.98 Å². The molecule has 0 spiro atoms. The van der Waals surface area contributed by atoms with Crippen LogP contribution in [-0.2, 0) is 0 Å². The molecule has 1 saturated heterocycles. The molecule has 0 saturated carbocycles. The number of hydrogen-bond donors (Lipinski definition) is 1. The quantitative estimate of drug-likeness (QED) is 0.731. The zero-order valence-corrected chi connectivity index (χ0v) is 16.2. The molecule has 144 valence electrons. The first kappa shape index (κ1) is 18.3. The van der Waals surface area contributed by atoms with E-state index in [1.54, 1.807) is 24.5 Å². The van der Waals surface area contributed by atoms with Crippen LogP contribution in [0.2, 0.25) is 0 Å². The van der Waals surface area contributed by atoms with Crippen LogP contribution in [0.25, 0.3) is 11.4 Å². The van der Waals surface area contributed by atoms with Crippen molar-refractivity contribution in [3.8, 4) is 11.4 Å². The lowest BCUT2D eigenvalue weighted by Crippen LogP contribution is -2.40. The van der Waals surface area contributed by atoms with Crippen molar-refractivity contribution in [3.63, 3.8) is 0 Å². The van der Waals surface area contributed by atoms with E-state index in [2.05, 4.69) is 27.1 Å². The van der Waals surface area contributed by atoms with Gasteiger partial charge in [0.25, 0.3) is 0 Å². The van der Waals surface area contributed by atoms with E-state index in [1.807, 2.05) is 25.1 Å². The minimum atomic E-state index is -0.201. The van der Waals surface area contributed by atoms with E-state index in [9.17, 15) is 4.39 Å². The van der Waals surface area contributed by atoms with Crippen LogP contribution >= 0.6 is 0 Å². The number of aryl methyl sites for hydroxylation is 1. The monoisotopic (exact) mass is 377 g/mol. The Morgan fingerprint density at radius 2 is 1.82 bits per heavy atom. The number of rotatable bonds is 4. The summed E-state index contributed by atoms with van der Waals surface area (Å²) in [6, 6.07) is 11.0. The SMILES string of the molecule is Cc1nc(-c2cccnc2)nc(N2CCC(Nc3ccccc3F)CC2)c1C. The van der Waals surface area contributed by atoms with Crippen LogP contribution in [-0.4, -0.2) is 34.1 Å². The number of nitrogens with zero attached hydrogens (tertiary/aromatic N) is 4. The first-order valence-electron chi connectivity index (χ1n) is 9.63. The molecule has 3 aromatic rings. The minimum Gasteiger partial charge on any atom is -0.380 e. The van der Waals surface area contributed by atoms with E-state index in [0.717, 1.165) is 48.6 Å². The smallest absolute Gasteiger partial charge is 0.163 e. The van der Waals surface area contributed by atoms with E-state index in [-0.39, 0.29) is 11.9 Å². The van der Waals surface area contributed by atoms with Crippen molar-refractivity contribution in [2.75, 3.05) is 23.3 Å². The molecule has 1 aliphatic heterocycles. The van der Waals surface area contributed by atoms with Gasteiger partial charge in [0.05, 0.1) is 5.69 Å². The van der Waals surface area contributed by atoms with Crippen LogP contribution in [0.5, 0.6) is 0 Å². The Bertz CT molecular complexity index is 952. The molecule has 1 fully saturated rings. The molecule has 5 nitrogen and oxygen atoms in total. The van der Waals surface area contributed by atoms with Gasteiger partial charge < -0.3 is 10.2 Å². The number of piperidine rings is 1. The highest BCUT2D eigenvalue weighted by atomic mass is 19.1. The summed E-state index contributed by atoms with van der Waals surface area (Å²) in [5.41, 5.74) is 3.58. The highest BCUT2D eigenvalue weighted by Crippen LogP contribution is 2.27. The van der Waals surface area contributed by atoms with E-state index in [0.29, 0.717) is 11.5 Å². The zero-order chi connectivity index (χ0) is 19.5. The molecule has 1 N–H and O–H groups in total. The van der Waals surface area contributed by atoms with E-state index >= 15 is 0 Å². The van der Waals surface area contributed by atoms with Crippen molar-refractivity contribution in [1.82, 2.24) is 15.0 Å². The zero-order valence-electron chi connectivity index (χ0n) is 16.2. The summed E-state index contributed by atoms with van der Waals surface area (Å²) in [5, 5.41) is 3.34. The number of halogens is 1. The molecule has 0 atom stereocenters. The second kappa shape index (κ2) is 7.92. The molecule has 3 heterocycles. The molecule has 4 rings (SSSR count). The number of hydrogen-bond acceptors (Lipinski definition) is 5. The molecular weight excluding hydrogens is 353 g/mol. The molecular formula is C22H24FN5. The highest BCUT2D eigenvalue weighted by Gasteiger charge is 2.23. The number of aromatic nitrogens is 3. The molecule has 0 amide bonds. The Hall–Kier alpha value is -3.02. The van der Waals surface area contributed by atoms with Crippen molar-refractivity contribution < 1.29 is 4.39 Å². The summed E-state index contributed by atoms with van der Waals surface area (Å²) in [6.45, 7) is 5.83. The second-order valence-corrected chi connectivity index (χ2v) is 7.21. The van der Waals surface area contributed by atoms with Gasteiger partial charge in [-0.1, -0.05) is 12.1 Å². The fourth-order valence-electron chi connectivity index (χ4n) is 3.58. The molecule has 1 aliphatic rings. The molecule has 2 aromatic heterocycles. The van der Waals surface area contributed by atoms with Crippen molar-refractivity contribution in [2.24, 2.45) is 0 Å². The topological polar surface area (TPSA) is 53.9 Å². The lowest BCUT2D eigenvalue weighted by molar-refractivity contribution is 0.518. The van der Waals surface area contributed by atoms with Gasteiger partial charge >= 0.3 is 0 Å². The van der Waals surface area contributed by atoms with Crippen LogP contribution in [0.1, 0.15) is 24.1 Å². The van der Waals surface area contributed by atoms with Crippen molar-refractivity contribution in [1.29, 1.82) is 0 Å². The van der Waals surface area contributed by atoms with E-state index in [4.69, 9.17) is 4.98 Å². The molecule has 0 radical (unpaired) electrons. The molecule has 0 unspecified atom stereocenters. The predicted octanol–water partition coefficient (Wildman–Crippen LogP) is 4.38. The highest BCUT2D eigenvalue weighted by molar-refractivity contribution is 5.59. The van der Waals surface area contributed by atoms with Crippen LogP contribution in [0.4, 0.5) is 15.9 Å². The fourth-order valence-corrected chi connectivity index (χ4v) is 3.58. The lowest BCUT2D eigenvalue weighted by Gasteiger charge is -2.34. The molecule has 0 bridgehead atoms. The maximum atomic E-state index is 13.9. The van der Waals surface area contributed by atoms with Gasteiger partial charge in [0.15, 0.2) is 5.82 Å². The number of pyridine rings is 1. The molecule has 28 heavy (non-hydrogen) atoms. The van der Waals surface area contributed by atoms with Gasteiger partial charge in [-0.05, 0) is 51.0 Å². The fraction of sp³-hybridized carbons (Fsp3) is 0.318. The average molecular weight is 377 g/mol. The predicted molar refractivity (Wildman–Crippen MR) is 110 cm³/mol. The summed E-state index contributed by atoms with van der Waals surface area (Å²) >= 11 is 0. The average Bonchev–Trinajstić information content (AvgIpc) is 2.73. The Labute approximate surface area is 164 Å². The molecule has 0 aliphatic carbocycles.